The summed E-state index contributed by atoms with van der Waals surface area (Å²) in [5.74, 6) is -0.348. The summed E-state index contributed by atoms with van der Waals surface area (Å²) in [7, 11) is 0. The van der Waals surface area contributed by atoms with Crippen molar-refractivity contribution < 1.29 is 14.4 Å². The summed E-state index contributed by atoms with van der Waals surface area (Å²) in [6, 6.07) is 9.35. The van der Waals surface area contributed by atoms with Crippen molar-refractivity contribution in [2.45, 2.75) is 20.3 Å². The van der Waals surface area contributed by atoms with Gasteiger partial charge in [0.25, 0.3) is 0 Å². The minimum absolute atomic E-state index is 0.0226. The van der Waals surface area contributed by atoms with Gasteiger partial charge in [0.1, 0.15) is 6.42 Å². The predicted molar refractivity (Wildman–Crippen MR) is 87.9 cm³/mol. The molecule has 3 amide bonds. The standard InChI is InChI=1S/C17H23N3O3/c1-3-20(15-7-5-4-6-8-15)17(23)13-16(22)19-11-9-18(10-12-19)14(2)21/h4-8H,3,9-13H2,1-2H3. The molecular weight excluding hydrogens is 294 g/mol. The number of piperazine rings is 1. The van der Waals surface area contributed by atoms with Crippen molar-refractivity contribution in [3.63, 3.8) is 0 Å². The van der Waals surface area contributed by atoms with Gasteiger partial charge in [-0.2, -0.15) is 0 Å². The number of carbonyl (C=O) groups is 3. The van der Waals surface area contributed by atoms with Gasteiger partial charge in [0, 0.05) is 45.3 Å². The molecule has 0 aromatic heterocycles. The van der Waals surface area contributed by atoms with Crippen molar-refractivity contribution in [2.24, 2.45) is 0 Å². The van der Waals surface area contributed by atoms with Crippen LogP contribution in [0.1, 0.15) is 20.3 Å². The molecule has 23 heavy (non-hydrogen) atoms. The van der Waals surface area contributed by atoms with E-state index in [0.29, 0.717) is 32.7 Å². The molecule has 1 fully saturated rings. The summed E-state index contributed by atoms with van der Waals surface area (Å²) in [6.07, 6.45) is -0.136. The summed E-state index contributed by atoms with van der Waals surface area (Å²) >= 11 is 0. The molecule has 6 nitrogen and oxygen atoms in total. The third-order valence-corrected chi connectivity index (χ3v) is 4.07. The number of benzene rings is 1. The lowest BCUT2D eigenvalue weighted by Gasteiger charge is -2.34. The van der Waals surface area contributed by atoms with Crippen molar-refractivity contribution in [2.75, 3.05) is 37.6 Å². The van der Waals surface area contributed by atoms with Gasteiger partial charge in [-0.15, -0.1) is 0 Å². The lowest BCUT2D eigenvalue weighted by atomic mass is 10.2. The third kappa shape index (κ3) is 4.31. The molecule has 0 aliphatic carbocycles. The average molecular weight is 317 g/mol. The second-order valence-electron chi connectivity index (χ2n) is 5.54. The molecule has 0 radical (unpaired) electrons. The van der Waals surface area contributed by atoms with Crippen LogP contribution in [-0.2, 0) is 14.4 Å². The number of amides is 3. The van der Waals surface area contributed by atoms with Crippen LogP contribution in [0.25, 0.3) is 0 Å². The molecule has 2 rings (SSSR count). The Labute approximate surface area is 136 Å². The van der Waals surface area contributed by atoms with Gasteiger partial charge in [-0.1, -0.05) is 18.2 Å². The summed E-state index contributed by atoms with van der Waals surface area (Å²) in [5.41, 5.74) is 0.800. The van der Waals surface area contributed by atoms with E-state index in [4.69, 9.17) is 0 Å². The smallest absolute Gasteiger partial charge is 0.236 e. The van der Waals surface area contributed by atoms with E-state index in [2.05, 4.69) is 0 Å². The van der Waals surface area contributed by atoms with E-state index in [1.54, 1.807) is 14.7 Å². The van der Waals surface area contributed by atoms with Crippen molar-refractivity contribution in [3.8, 4) is 0 Å². The normalized spacial score (nSPS) is 14.5. The number of anilines is 1. The van der Waals surface area contributed by atoms with Gasteiger partial charge in [0.15, 0.2) is 0 Å². The summed E-state index contributed by atoms with van der Waals surface area (Å²) in [6.45, 7) is 5.98. The fraction of sp³-hybridized carbons (Fsp3) is 0.471. The van der Waals surface area contributed by atoms with Crippen LogP contribution < -0.4 is 4.90 Å². The maximum absolute atomic E-state index is 12.4. The van der Waals surface area contributed by atoms with Crippen LogP contribution in [0.2, 0.25) is 0 Å². The van der Waals surface area contributed by atoms with Crippen molar-refractivity contribution in [3.05, 3.63) is 30.3 Å². The molecule has 1 aromatic rings. The van der Waals surface area contributed by atoms with Crippen LogP contribution in [0.4, 0.5) is 5.69 Å². The first-order valence-electron chi connectivity index (χ1n) is 7.91. The second-order valence-corrected chi connectivity index (χ2v) is 5.54. The Balaban J connectivity index is 1.92. The lowest BCUT2D eigenvalue weighted by molar-refractivity contribution is -0.140. The Bertz CT molecular complexity index is 566. The molecule has 1 aliphatic heterocycles. The first kappa shape index (κ1) is 17.0. The number of nitrogens with zero attached hydrogens (tertiary/aromatic N) is 3. The first-order chi connectivity index (χ1) is 11.0. The zero-order valence-electron chi connectivity index (χ0n) is 13.7. The summed E-state index contributed by atoms with van der Waals surface area (Å²) < 4.78 is 0. The SMILES string of the molecule is CCN(C(=O)CC(=O)N1CCN(C(C)=O)CC1)c1ccccc1. The molecular formula is C17H23N3O3. The van der Waals surface area contributed by atoms with Gasteiger partial charge >= 0.3 is 0 Å². The number of hydrogen-bond acceptors (Lipinski definition) is 3. The molecule has 124 valence electrons. The van der Waals surface area contributed by atoms with Crippen LogP contribution in [-0.4, -0.2) is 60.2 Å². The number of para-hydroxylation sites is 1. The number of rotatable bonds is 4. The van der Waals surface area contributed by atoms with Crippen molar-refractivity contribution >= 4 is 23.4 Å². The highest BCUT2D eigenvalue weighted by molar-refractivity contribution is 6.05. The van der Waals surface area contributed by atoms with Gasteiger partial charge < -0.3 is 14.7 Å². The zero-order chi connectivity index (χ0) is 16.8. The van der Waals surface area contributed by atoms with Crippen LogP contribution in [0, 0.1) is 0 Å². The second kappa shape index (κ2) is 7.76. The van der Waals surface area contributed by atoms with E-state index < -0.39 is 0 Å². The summed E-state index contributed by atoms with van der Waals surface area (Å²) in [4.78, 5) is 41.0. The topological polar surface area (TPSA) is 60.9 Å². The van der Waals surface area contributed by atoms with Crippen LogP contribution in [0.5, 0.6) is 0 Å². The largest absolute Gasteiger partial charge is 0.339 e. The molecule has 1 saturated heterocycles. The molecule has 1 aliphatic rings. The Kier molecular flexibility index (Phi) is 5.73. The Morgan fingerprint density at radius 3 is 2.09 bits per heavy atom. The maximum Gasteiger partial charge on any atom is 0.236 e. The quantitative estimate of drug-likeness (QED) is 0.782. The van der Waals surface area contributed by atoms with E-state index in [1.165, 1.54) is 6.92 Å². The molecule has 0 bridgehead atoms. The highest BCUT2D eigenvalue weighted by atomic mass is 16.2. The zero-order valence-corrected chi connectivity index (χ0v) is 13.7. The van der Waals surface area contributed by atoms with E-state index in [0.717, 1.165) is 5.69 Å². The lowest BCUT2D eigenvalue weighted by Crippen LogP contribution is -2.50. The van der Waals surface area contributed by atoms with Crippen LogP contribution >= 0.6 is 0 Å². The summed E-state index contributed by atoms with van der Waals surface area (Å²) in [5, 5.41) is 0. The number of carbonyl (C=O) groups excluding carboxylic acids is 3. The molecule has 6 heteroatoms. The highest BCUT2D eigenvalue weighted by Gasteiger charge is 2.25. The minimum Gasteiger partial charge on any atom is -0.339 e. The van der Waals surface area contributed by atoms with Crippen molar-refractivity contribution in [1.29, 1.82) is 0 Å². The molecule has 0 spiro atoms. The highest BCUT2D eigenvalue weighted by Crippen LogP contribution is 2.15. The molecule has 1 aromatic carbocycles. The van der Waals surface area contributed by atoms with Gasteiger partial charge in [0.05, 0.1) is 0 Å². The average Bonchev–Trinajstić information content (AvgIpc) is 2.56. The van der Waals surface area contributed by atoms with E-state index >= 15 is 0 Å². The van der Waals surface area contributed by atoms with Gasteiger partial charge in [-0.05, 0) is 19.1 Å². The maximum atomic E-state index is 12.4. The molecule has 0 saturated carbocycles. The van der Waals surface area contributed by atoms with E-state index in [-0.39, 0.29) is 24.1 Å². The van der Waals surface area contributed by atoms with Crippen LogP contribution in [0.3, 0.4) is 0 Å². The molecule has 0 N–H and O–H groups in total. The fourth-order valence-corrected chi connectivity index (χ4v) is 2.72. The third-order valence-electron chi connectivity index (χ3n) is 4.07. The van der Waals surface area contributed by atoms with E-state index in [9.17, 15) is 14.4 Å². The van der Waals surface area contributed by atoms with Gasteiger partial charge in [0.2, 0.25) is 17.7 Å². The Hall–Kier alpha value is -2.37. The van der Waals surface area contributed by atoms with Gasteiger partial charge in [-0.3, -0.25) is 14.4 Å². The monoisotopic (exact) mass is 317 g/mol. The molecule has 1 heterocycles. The molecule has 0 atom stereocenters. The fourth-order valence-electron chi connectivity index (χ4n) is 2.72. The first-order valence-corrected chi connectivity index (χ1v) is 7.91. The minimum atomic E-state index is -0.197. The van der Waals surface area contributed by atoms with Gasteiger partial charge in [-0.25, -0.2) is 0 Å². The Morgan fingerprint density at radius 2 is 1.57 bits per heavy atom. The van der Waals surface area contributed by atoms with Crippen LogP contribution in [0.15, 0.2) is 30.3 Å². The van der Waals surface area contributed by atoms with E-state index in [1.807, 2.05) is 37.3 Å². The number of hydrogen-bond donors (Lipinski definition) is 0. The van der Waals surface area contributed by atoms with Crippen molar-refractivity contribution in [1.82, 2.24) is 9.80 Å². The Morgan fingerprint density at radius 1 is 1.00 bits per heavy atom. The predicted octanol–water partition coefficient (Wildman–Crippen LogP) is 1.12. The molecule has 0 unspecified atom stereocenters.